The Morgan fingerprint density at radius 3 is 2.09 bits per heavy atom. The van der Waals surface area contributed by atoms with Crippen LogP contribution in [0.25, 0.3) is 0 Å². The highest BCUT2D eigenvalue weighted by atomic mass is 16.2. The first-order valence-corrected chi connectivity index (χ1v) is 12.5. The minimum Gasteiger partial charge on any atom is -0.342 e. The van der Waals surface area contributed by atoms with Gasteiger partial charge in [-0.2, -0.15) is 0 Å². The second-order valence-corrected chi connectivity index (χ2v) is 10.7. The molecule has 1 atom stereocenters. The molecule has 172 valence electrons. The molecule has 1 saturated carbocycles. The fourth-order valence-corrected chi connectivity index (χ4v) is 6.52. The molecule has 4 fully saturated rings. The van der Waals surface area contributed by atoms with Gasteiger partial charge in [0, 0.05) is 51.2 Å². The van der Waals surface area contributed by atoms with E-state index in [1.54, 1.807) is 0 Å². The molecule has 0 aromatic heterocycles. The van der Waals surface area contributed by atoms with Crippen LogP contribution in [0.3, 0.4) is 0 Å². The van der Waals surface area contributed by atoms with E-state index in [2.05, 4.69) is 51.1 Å². The maximum absolute atomic E-state index is 13.6. The van der Waals surface area contributed by atoms with Crippen LogP contribution in [0, 0.1) is 11.3 Å². The Balaban J connectivity index is 1.20. The number of benzene rings is 2. The van der Waals surface area contributed by atoms with Crippen molar-refractivity contribution in [3.8, 4) is 0 Å². The Bertz CT molecular complexity index is 1020. The first-order chi connectivity index (χ1) is 16.1. The van der Waals surface area contributed by atoms with E-state index in [-0.39, 0.29) is 22.7 Å². The lowest BCUT2D eigenvalue weighted by molar-refractivity contribution is -0.155. The predicted molar refractivity (Wildman–Crippen MR) is 127 cm³/mol. The van der Waals surface area contributed by atoms with Gasteiger partial charge in [0.15, 0.2) is 0 Å². The standard InChI is InChI=1S/C28H33N3O2/c32-25(30-15-7-8-16-30)24-18-29(17-22-9-3-1-4-10-22)19-27(24)20-31(21-27)26(33)28(13-14-28)23-11-5-2-6-12-23/h1-6,9-12,24H,7-8,13-21H2. The number of carbonyl (C=O) groups excluding carboxylic acids is 2. The number of hydrogen-bond donors (Lipinski definition) is 0. The first-order valence-electron chi connectivity index (χ1n) is 12.5. The third-order valence-corrected chi connectivity index (χ3v) is 8.47. The van der Waals surface area contributed by atoms with Crippen molar-refractivity contribution in [1.29, 1.82) is 0 Å². The van der Waals surface area contributed by atoms with Gasteiger partial charge < -0.3 is 9.80 Å². The second-order valence-electron chi connectivity index (χ2n) is 10.7. The van der Waals surface area contributed by atoms with Gasteiger partial charge >= 0.3 is 0 Å². The van der Waals surface area contributed by atoms with E-state index in [4.69, 9.17) is 0 Å². The lowest BCUT2D eigenvalue weighted by atomic mass is 9.70. The summed E-state index contributed by atoms with van der Waals surface area (Å²) < 4.78 is 0. The third-order valence-electron chi connectivity index (χ3n) is 8.47. The Morgan fingerprint density at radius 1 is 0.818 bits per heavy atom. The smallest absolute Gasteiger partial charge is 0.233 e. The van der Waals surface area contributed by atoms with E-state index in [0.29, 0.717) is 5.91 Å². The molecule has 1 spiro atoms. The minimum atomic E-state index is -0.320. The lowest BCUT2D eigenvalue weighted by Gasteiger charge is -2.52. The van der Waals surface area contributed by atoms with Crippen molar-refractivity contribution in [3.05, 3.63) is 71.8 Å². The first kappa shape index (κ1) is 20.9. The summed E-state index contributed by atoms with van der Waals surface area (Å²) in [5, 5.41) is 0. The highest BCUT2D eigenvalue weighted by Gasteiger charge is 2.62. The molecule has 4 aliphatic rings. The van der Waals surface area contributed by atoms with Crippen LogP contribution in [0.15, 0.2) is 60.7 Å². The van der Waals surface area contributed by atoms with Crippen LogP contribution in [-0.2, 0) is 21.5 Å². The van der Waals surface area contributed by atoms with Crippen molar-refractivity contribution in [2.45, 2.75) is 37.6 Å². The van der Waals surface area contributed by atoms with Crippen LogP contribution in [-0.4, -0.2) is 65.8 Å². The molecular weight excluding hydrogens is 410 g/mol. The summed E-state index contributed by atoms with van der Waals surface area (Å²) in [6.07, 6.45) is 4.11. The number of likely N-dealkylation sites (tertiary alicyclic amines) is 3. The number of rotatable bonds is 5. The van der Waals surface area contributed by atoms with Crippen LogP contribution < -0.4 is 0 Å². The van der Waals surface area contributed by atoms with Crippen molar-refractivity contribution in [2.24, 2.45) is 11.3 Å². The molecule has 2 aromatic rings. The number of carbonyl (C=O) groups is 2. The summed E-state index contributed by atoms with van der Waals surface area (Å²) >= 11 is 0. The van der Waals surface area contributed by atoms with Crippen molar-refractivity contribution in [2.75, 3.05) is 39.3 Å². The Kier molecular flexibility index (Phi) is 5.06. The molecule has 3 saturated heterocycles. The molecule has 1 unspecified atom stereocenters. The molecule has 5 nitrogen and oxygen atoms in total. The van der Waals surface area contributed by atoms with Gasteiger partial charge in [-0.25, -0.2) is 0 Å². The minimum absolute atomic E-state index is 0.00441. The molecule has 3 aliphatic heterocycles. The van der Waals surface area contributed by atoms with Crippen LogP contribution in [0.1, 0.15) is 36.8 Å². The quantitative estimate of drug-likeness (QED) is 0.712. The largest absolute Gasteiger partial charge is 0.342 e. The zero-order chi connectivity index (χ0) is 22.5. The summed E-state index contributed by atoms with van der Waals surface area (Å²) in [6.45, 7) is 5.79. The zero-order valence-corrected chi connectivity index (χ0v) is 19.3. The summed E-state index contributed by atoms with van der Waals surface area (Å²) in [5.74, 6) is 0.586. The van der Waals surface area contributed by atoms with Crippen molar-refractivity contribution >= 4 is 11.8 Å². The molecule has 3 heterocycles. The van der Waals surface area contributed by atoms with Gasteiger partial charge in [0.05, 0.1) is 11.3 Å². The highest BCUT2D eigenvalue weighted by molar-refractivity contribution is 5.92. The molecule has 2 amide bonds. The van der Waals surface area contributed by atoms with Gasteiger partial charge in [-0.15, -0.1) is 0 Å². The Labute approximate surface area is 196 Å². The van der Waals surface area contributed by atoms with Crippen molar-refractivity contribution < 1.29 is 9.59 Å². The monoisotopic (exact) mass is 443 g/mol. The number of hydrogen-bond acceptors (Lipinski definition) is 3. The predicted octanol–water partition coefficient (Wildman–Crippen LogP) is 3.30. The fourth-order valence-electron chi connectivity index (χ4n) is 6.52. The van der Waals surface area contributed by atoms with Crippen molar-refractivity contribution in [3.63, 3.8) is 0 Å². The molecule has 0 radical (unpaired) electrons. The molecular formula is C28H33N3O2. The van der Waals surface area contributed by atoms with Gasteiger partial charge in [-0.05, 0) is 36.8 Å². The molecule has 6 rings (SSSR count). The van der Waals surface area contributed by atoms with Crippen LogP contribution in [0.2, 0.25) is 0 Å². The Morgan fingerprint density at radius 2 is 1.45 bits per heavy atom. The third kappa shape index (κ3) is 3.57. The normalized spacial score (nSPS) is 25.3. The zero-order valence-electron chi connectivity index (χ0n) is 19.3. The SMILES string of the molecule is O=C(C1CN(Cc2ccccc2)CC12CN(C(=O)C1(c3ccccc3)CC1)C2)N1CCCC1. The highest BCUT2D eigenvalue weighted by Crippen LogP contribution is 2.53. The molecule has 1 aliphatic carbocycles. The molecule has 5 heteroatoms. The van der Waals surface area contributed by atoms with Gasteiger partial charge in [0.25, 0.3) is 0 Å². The molecule has 0 N–H and O–H groups in total. The van der Waals surface area contributed by atoms with E-state index in [1.165, 1.54) is 5.56 Å². The average molecular weight is 444 g/mol. The van der Waals surface area contributed by atoms with Crippen molar-refractivity contribution in [1.82, 2.24) is 14.7 Å². The Hall–Kier alpha value is -2.66. The van der Waals surface area contributed by atoms with E-state index in [1.807, 2.05) is 24.3 Å². The van der Waals surface area contributed by atoms with E-state index >= 15 is 0 Å². The average Bonchev–Trinajstić information content (AvgIpc) is 3.27. The fraction of sp³-hybridized carbons (Fsp3) is 0.500. The molecule has 2 aromatic carbocycles. The van der Waals surface area contributed by atoms with Gasteiger partial charge in [-0.1, -0.05) is 60.7 Å². The van der Waals surface area contributed by atoms with E-state index < -0.39 is 0 Å². The van der Waals surface area contributed by atoms with Gasteiger partial charge in [0.2, 0.25) is 11.8 Å². The summed E-state index contributed by atoms with van der Waals surface area (Å²) in [6, 6.07) is 20.8. The van der Waals surface area contributed by atoms with Crippen LogP contribution in [0.4, 0.5) is 0 Å². The number of nitrogens with zero attached hydrogens (tertiary/aromatic N) is 3. The van der Waals surface area contributed by atoms with E-state index in [9.17, 15) is 9.59 Å². The summed E-state index contributed by atoms with van der Waals surface area (Å²) in [4.78, 5) is 33.7. The maximum Gasteiger partial charge on any atom is 0.233 e. The second kappa shape index (κ2) is 7.98. The van der Waals surface area contributed by atoms with Gasteiger partial charge in [0.1, 0.15) is 0 Å². The van der Waals surface area contributed by atoms with E-state index in [0.717, 1.165) is 77.1 Å². The number of amides is 2. The summed E-state index contributed by atoms with van der Waals surface area (Å²) in [7, 11) is 0. The van der Waals surface area contributed by atoms with Gasteiger partial charge in [-0.3, -0.25) is 14.5 Å². The maximum atomic E-state index is 13.6. The van der Waals surface area contributed by atoms with Crippen LogP contribution >= 0.6 is 0 Å². The lowest BCUT2D eigenvalue weighted by Crippen LogP contribution is -2.65. The summed E-state index contributed by atoms with van der Waals surface area (Å²) in [5.41, 5.74) is 2.02. The molecule has 0 bridgehead atoms. The topological polar surface area (TPSA) is 43.9 Å². The molecule has 33 heavy (non-hydrogen) atoms. The van der Waals surface area contributed by atoms with Crippen LogP contribution in [0.5, 0.6) is 0 Å².